The van der Waals surface area contributed by atoms with Crippen LogP contribution < -0.4 is 0 Å². The van der Waals surface area contributed by atoms with Crippen molar-refractivity contribution >= 4 is 0 Å². The van der Waals surface area contributed by atoms with Crippen molar-refractivity contribution in [3.05, 3.63) is 24.9 Å². The molecule has 0 saturated carbocycles. The van der Waals surface area contributed by atoms with Gasteiger partial charge < -0.3 is 4.90 Å². The molecule has 2 atom stereocenters. The van der Waals surface area contributed by atoms with Gasteiger partial charge in [-0.1, -0.05) is 46.4 Å². The van der Waals surface area contributed by atoms with Crippen molar-refractivity contribution in [3.63, 3.8) is 0 Å². The van der Waals surface area contributed by atoms with Gasteiger partial charge in [0.15, 0.2) is 0 Å². The molecule has 0 fully saturated rings. The molecule has 16 heavy (non-hydrogen) atoms. The molecule has 0 amide bonds. The van der Waals surface area contributed by atoms with Gasteiger partial charge in [0.1, 0.15) is 0 Å². The highest BCUT2D eigenvalue weighted by Gasteiger charge is 2.47. The third kappa shape index (κ3) is 2.05. The molecule has 0 aliphatic heterocycles. The number of hydrogen-bond acceptors (Lipinski definition) is 1. The summed E-state index contributed by atoms with van der Waals surface area (Å²) in [4.78, 5) is 2.21. The first kappa shape index (κ1) is 15.3. The Morgan fingerprint density at radius 3 is 2.00 bits per heavy atom. The molecule has 0 N–H and O–H groups in total. The first-order chi connectivity index (χ1) is 7.18. The molecule has 0 saturated heterocycles. The fourth-order valence-corrected chi connectivity index (χ4v) is 2.69. The molecular weight excluding hydrogens is 194 g/mol. The van der Waals surface area contributed by atoms with E-state index in [4.69, 9.17) is 0 Å². The number of rotatable bonds is 6. The lowest BCUT2D eigenvalue weighted by Gasteiger charge is -2.54. The van der Waals surface area contributed by atoms with Crippen LogP contribution in [0.25, 0.3) is 0 Å². The molecule has 0 bridgehead atoms. The minimum absolute atomic E-state index is 0.0440. The monoisotopic (exact) mass is 223 g/mol. The van der Waals surface area contributed by atoms with Crippen molar-refractivity contribution in [2.75, 3.05) is 7.05 Å². The molecule has 0 aromatic heterocycles. The molecule has 0 radical (unpaired) electrons. The minimum atomic E-state index is -0.0440. The second-order valence-electron chi connectivity index (χ2n) is 5.57. The van der Waals surface area contributed by atoms with Crippen molar-refractivity contribution in [1.29, 1.82) is 0 Å². The van der Waals surface area contributed by atoms with Crippen LogP contribution in [-0.4, -0.2) is 17.5 Å². The summed E-state index contributed by atoms with van der Waals surface area (Å²) in [6.07, 6.45) is 3.04. The average molecular weight is 223 g/mol. The summed E-state index contributed by atoms with van der Waals surface area (Å²) in [7, 11) is 2.10. The third-order valence-electron chi connectivity index (χ3n) is 4.93. The van der Waals surface area contributed by atoms with Crippen LogP contribution in [0.2, 0.25) is 0 Å². The molecule has 0 aromatic rings. The highest BCUT2D eigenvalue weighted by atomic mass is 15.2. The first-order valence-corrected chi connectivity index (χ1v) is 6.19. The number of nitrogens with zero attached hydrogens (tertiary/aromatic N) is 1. The lowest BCUT2D eigenvalue weighted by Crippen LogP contribution is -2.56. The van der Waals surface area contributed by atoms with Gasteiger partial charge >= 0.3 is 0 Å². The van der Waals surface area contributed by atoms with Crippen molar-refractivity contribution < 1.29 is 0 Å². The Morgan fingerprint density at radius 2 is 1.81 bits per heavy atom. The molecule has 0 heterocycles. The summed E-state index contributed by atoms with van der Waals surface area (Å²) in [6.45, 7) is 21.7. The molecule has 0 spiro atoms. The maximum atomic E-state index is 4.20. The summed E-state index contributed by atoms with van der Waals surface area (Å²) < 4.78 is 0. The van der Waals surface area contributed by atoms with Gasteiger partial charge in [0.25, 0.3) is 0 Å². The fraction of sp³-hybridized carbons (Fsp3) is 0.733. The lowest BCUT2D eigenvalue weighted by molar-refractivity contribution is 0.0216. The molecular formula is C15H29N. The molecule has 0 rings (SSSR count). The quantitative estimate of drug-likeness (QED) is 0.601. The van der Waals surface area contributed by atoms with E-state index in [0.29, 0.717) is 5.92 Å². The van der Waals surface area contributed by atoms with E-state index in [0.717, 1.165) is 6.42 Å². The number of hydrogen-bond donors (Lipinski definition) is 0. The molecule has 0 aliphatic carbocycles. The van der Waals surface area contributed by atoms with E-state index in [9.17, 15) is 0 Å². The van der Waals surface area contributed by atoms with E-state index in [1.165, 1.54) is 5.57 Å². The van der Waals surface area contributed by atoms with Crippen LogP contribution in [0.4, 0.5) is 0 Å². The van der Waals surface area contributed by atoms with Crippen LogP contribution in [0.3, 0.4) is 0 Å². The first-order valence-electron chi connectivity index (χ1n) is 6.19. The van der Waals surface area contributed by atoms with E-state index >= 15 is 0 Å². The highest BCUT2D eigenvalue weighted by Crippen LogP contribution is 2.48. The second-order valence-corrected chi connectivity index (χ2v) is 5.57. The smallest absolute Gasteiger partial charge is 0.0627 e. The zero-order valence-electron chi connectivity index (χ0n) is 12.2. The van der Waals surface area contributed by atoms with Gasteiger partial charge in [0, 0.05) is 7.05 Å². The van der Waals surface area contributed by atoms with Gasteiger partial charge in [-0.3, -0.25) is 0 Å². The van der Waals surface area contributed by atoms with Crippen LogP contribution in [-0.2, 0) is 0 Å². The Bertz CT molecular complexity index is 267. The zero-order valence-corrected chi connectivity index (χ0v) is 12.2. The maximum absolute atomic E-state index is 4.20. The minimum Gasteiger partial charge on any atom is -0.371 e. The highest BCUT2D eigenvalue weighted by molar-refractivity contribution is 5.21. The Labute approximate surface area is 102 Å². The van der Waals surface area contributed by atoms with Crippen molar-refractivity contribution in [3.8, 4) is 0 Å². The van der Waals surface area contributed by atoms with E-state index in [-0.39, 0.29) is 11.0 Å². The standard InChI is InChI=1S/C15H29N/c1-10-14(7,12(3)4)15(8,13(5)6)16(9)11-2/h11-12H,2,5,10H2,1,3-4,6-9H3. The third-order valence-corrected chi connectivity index (χ3v) is 4.93. The van der Waals surface area contributed by atoms with E-state index < -0.39 is 0 Å². The van der Waals surface area contributed by atoms with Crippen LogP contribution in [0.15, 0.2) is 24.9 Å². The van der Waals surface area contributed by atoms with Gasteiger partial charge in [-0.25, -0.2) is 0 Å². The fourth-order valence-electron chi connectivity index (χ4n) is 2.69. The van der Waals surface area contributed by atoms with Crippen LogP contribution >= 0.6 is 0 Å². The van der Waals surface area contributed by atoms with Gasteiger partial charge in [-0.15, -0.1) is 0 Å². The predicted octanol–water partition coefficient (Wildman–Crippen LogP) is 4.47. The number of likely N-dealkylation sites (N-methyl/N-ethyl adjacent to an activating group) is 1. The Kier molecular flexibility index (Phi) is 4.85. The normalized spacial score (nSPS) is 18.8. The largest absolute Gasteiger partial charge is 0.371 e. The maximum Gasteiger partial charge on any atom is 0.0627 e. The Balaban J connectivity index is 5.66. The van der Waals surface area contributed by atoms with Gasteiger partial charge in [-0.2, -0.15) is 0 Å². The van der Waals surface area contributed by atoms with Gasteiger partial charge in [-0.05, 0) is 37.8 Å². The predicted molar refractivity (Wildman–Crippen MR) is 74.4 cm³/mol. The summed E-state index contributed by atoms with van der Waals surface area (Å²) in [6, 6.07) is 0. The topological polar surface area (TPSA) is 3.24 Å². The molecule has 1 heteroatoms. The summed E-state index contributed by atoms with van der Waals surface area (Å²) >= 11 is 0. The van der Waals surface area contributed by atoms with Crippen LogP contribution in [0, 0.1) is 11.3 Å². The Hall–Kier alpha value is -0.720. The van der Waals surface area contributed by atoms with E-state index in [1.54, 1.807) is 0 Å². The van der Waals surface area contributed by atoms with Gasteiger partial charge in [0.05, 0.1) is 5.54 Å². The van der Waals surface area contributed by atoms with E-state index in [1.807, 2.05) is 6.20 Å². The van der Waals surface area contributed by atoms with Crippen molar-refractivity contribution in [1.82, 2.24) is 4.90 Å². The zero-order chi connectivity index (χ0) is 13.1. The molecule has 1 nitrogen and oxygen atoms in total. The van der Waals surface area contributed by atoms with Crippen molar-refractivity contribution in [2.45, 2.75) is 53.5 Å². The van der Waals surface area contributed by atoms with Crippen LogP contribution in [0.5, 0.6) is 0 Å². The SMILES string of the molecule is C=CN(C)C(C)(C(=C)C)C(C)(CC)C(C)C. The molecule has 94 valence electrons. The summed E-state index contributed by atoms with van der Waals surface area (Å²) in [5.74, 6) is 0.599. The van der Waals surface area contributed by atoms with E-state index in [2.05, 4.69) is 66.6 Å². The summed E-state index contributed by atoms with van der Waals surface area (Å²) in [5, 5.41) is 0. The Morgan fingerprint density at radius 1 is 1.38 bits per heavy atom. The molecule has 2 unspecified atom stereocenters. The lowest BCUT2D eigenvalue weighted by atomic mass is 9.60. The van der Waals surface area contributed by atoms with Crippen LogP contribution in [0.1, 0.15) is 48.0 Å². The van der Waals surface area contributed by atoms with Crippen molar-refractivity contribution in [2.24, 2.45) is 11.3 Å². The molecule has 0 aliphatic rings. The molecule has 0 aromatic carbocycles. The average Bonchev–Trinajstić information content (AvgIpc) is 2.24. The summed E-state index contributed by atoms with van der Waals surface area (Å²) in [5.41, 5.74) is 1.35. The van der Waals surface area contributed by atoms with Gasteiger partial charge in [0.2, 0.25) is 0 Å². The second kappa shape index (κ2) is 5.07.